The summed E-state index contributed by atoms with van der Waals surface area (Å²) in [6.45, 7) is 2.67. The van der Waals surface area contributed by atoms with Gasteiger partial charge >= 0.3 is 0 Å². The van der Waals surface area contributed by atoms with E-state index in [1.165, 1.54) is 0 Å². The van der Waals surface area contributed by atoms with Crippen LogP contribution in [0.2, 0.25) is 0 Å². The van der Waals surface area contributed by atoms with E-state index in [1.807, 2.05) is 36.0 Å². The summed E-state index contributed by atoms with van der Waals surface area (Å²) >= 11 is 1.89. The van der Waals surface area contributed by atoms with Crippen LogP contribution in [0.5, 0.6) is 0 Å². The number of nitrogens with zero attached hydrogens (tertiary/aromatic N) is 2. The predicted molar refractivity (Wildman–Crippen MR) is 80.8 cm³/mol. The minimum Gasteiger partial charge on any atom is -0.423 e. The molecule has 0 radical (unpaired) electrons. The number of anilines is 1. The molecule has 0 amide bonds. The smallest absolute Gasteiger partial charge is 0.298 e. The summed E-state index contributed by atoms with van der Waals surface area (Å²) in [6, 6.07) is 8.65. The molecule has 5 heteroatoms. The number of para-hydroxylation sites is 2. The second-order valence-electron chi connectivity index (χ2n) is 5.04. The van der Waals surface area contributed by atoms with Gasteiger partial charge in [0.2, 0.25) is 0 Å². The quantitative estimate of drug-likeness (QED) is 0.934. The highest BCUT2D eigenvalue weighted by atomic mass is 32.2. The van der Waals surface area contributed by atoms with Crippen LogP contribution in [0.15, 0.2) is 28.7 Å². The van der Waals surface area contributed by atoms with E-state index >= 15 is 0 Å². The number of aromatic nitrogens is 1. The molecule has 1 aliphatic heterocycles. The van der Waals surface area contributed by atoms with Crippen LogP contribution >= 0.6 is 11.8 Å². The molecule has 3 rings (SSSR count). The van der Waals surface area contributed by atoms with Crippen molar-refractivity contribution in [1.29, 1.82) is 0 Å². The molecule has 0 spiro atoms. The van der Waals surface area contributed by atoms with Crippen molar-refractivity contribution in [2.24, 2.45) is 5.73 Å². The summed E-state index contributed by atoms with van der Waals surface area (Å²) < 4.78 is 6.06. The van der Waals surface area contributed by atoms with E-state index < -0.39 is 0 Å². The van der Waals surface area contributed by atoms with Gasteiger partial charge in [-0.15, -0.1) is 0 Å². The molecule has 1 saturated heterocycles. The van der Waals surface area contributed by atoms with Crippen molar-refractivity contribution in [3.05, 3.63) is 24.3 Å². The molecule has 0 saturated carbocycles. The zero-order valence-corrected chi connectivity index (χ0v) is 11.9. The van der Waals surface area contributed by atoms with Crippen LogP contribution in [-0.2, 0) is 0 Å². The summed E-state index contributed by atoms with van der Waals surface area (Å²) in [4.78, 5) is 6.78. The first kappa shape index (κ1) is 12.8. The number of nitrogens with two attached hydrogens (primary N) is 1. The number of thioether (sulfide) groups is 1. The van der Waals surface area contributed by atoms with Gasteiger partial charge in [0.15, 0.2) is 5.58 Å². The lowest BCUT2D eigenvalue weighted by molar-refractivity contribution is 0.433. The fraction of sp³-hybridized carbons (Fsp3) is 0.500. The highest BCUT2D eigenvalue weighted by Gasteiger charge is 2.33. The normalized spacial score (nSPS) is 18.9. The molecule has 0 unspecified atom stereocenters. The van der Waals surface area contributed by atoms with Crippen molar-refractivity contribution in [2.75, 3.05) is 30.8 Å². The average molecular weight is 277 g/mol. The Morgan fingerprint density at radius 3 is 2.74 bits per heavy atom. The first-order valence-corrected chi connectivity index (χ1v) is 7.84. The van der Waals surface area contributed by atoms with Crippen molar-refractivity contribution < 1.29 is 4.42 Å². The largest absolute Gasteiger partial charge is 0.423 e. The SMILES string of the molecule is CSC1(CN)CCN(c2nc3ccccc3o2)CC1. The van der Waals surface area contributed by atoms with E-state index in [-0.39, 0.29) is 4.75 Å². The summed E-state index contributed by atoms with van der Waals surface area (Å²) in [5.41, 5.74) is 7.70. The third-order valence-electron chi connectivity index (χ3n) is 4.03. The van der Waals surface area contributed by atoms with Crippen LogP contribution < -0.4 is 10.6 Å². The van der Waals surface area contributed by atoms with E-state index in [2.05, 4.69) is 16.1 Å². The van der Waals surface area contributed by atoms with E-state index in [1.54, 1.807) is 0 Å². The number of piperidine rings is 1. The Labute approximate surface area is 117 Å². The maximum Gasteiger partial charge on any atom is 0.298 e. The molecule has 2 aromatic rings. The molecule has 0 aliphatic carbocycles. The first-order chi connectivity index (χ1) is 9.26. The number of benzene rings is 1. The fourth-order valence-corrected chi connectivity index (χ4v) is 3.35. The molecule has 0 bridgehead atoms. The second-order valence-corrected chi connectivity index (χ2v) is 6.32. The highest BCUT2D eigenvalue weighted by Crippen LogP contribution is 2.35. The van der Waals surface area contributed by atoms with Crippen LogP contribution in [-0.4, -0.2) is 35.6 Å². The molecule has 4 nitrogen and oxygen atoms in total. The van der Waals surface area contributed by atoms with E-state index in [4.69, 9.17) is 10.2 Å². The molecular formula is C14H19N3OS. The second kappa shape index (κ2) is 5.06. The van der Waals surface area contributed by atoms with Gasteiger partial charge in [0.25, 0.3) is 6.01 Å². The number of rotatable bonds is 3. The summed E-state index contributed by atoms with van der Waals surface area (Å²) in [5.74, 6) is 0. The number of oxazole rings is 1. The van der Waals surface area contributed by atoms with E-state index in [0.717, 1.165) is 49.6 Å². The van der Waals surface area contributed by atoms with Gasteiger partial charge in [-0.1, -0.05) is 12.1 Å². The lowest BCUT2D eigenvalue weighted by atomic mass is 9.96. The molecule has 2 N–H and O–H groups in total. The molecule has 2 heterocycles. The summed E-state index contributed by atoms with van der Waals surface area (Å²) in [5, 5.41) is 0. The van der Waals surface area contributed by atoms with Crippen LogP contribution in [0, 0.1) is 0 Å². The Morgan fingerprint density at radius 2 is 2.11 bits per heavy atom. The Hall–Kier alpha value is -1.20. The third kappa shape index (κ3) is 2.32. The lowest BCUT2D eigenvalue weighted by Gasteiger charge is -2.39. The van der Waals surface area contributed by atoms with Crippen LogP contribution in [0.1, 0.15) is 12.8 Å². The van der Waals surface area contributed by atoms with Gasteiger partial charge in [0.1, 0.15) is 5.52 Å². The zero-order valence-electron chi connectivity index (χ0n) is 11.1. The summed E-state index contributed by atoms with van der Waals surface area (Å²) in [6.07, 6.45) is 4.33. The Bertz CT molecular complexity index is 522. The monoisotopic (exact) mass is 277 g/mol. The van der Waals surface area contributed by atoms with Crippen molar-refractivity contribution >= 4 is 28.9 Å². The molecule has 1 aromatic carbocycles. The Kier molecular flexibility index (Phi) is 3.41. The predicted octanol–water partition coefficient (Wildman–Crippen LogP) is 2.49. The highest BCUT2D eigenvalue weighted by molar-refractivity contribution is 8.00. The lowest BCUT2D eigenvalue weighted by Crippen LogP contribution is -2.46. The fourth-order valence-electron chi connectivity index (χ4n) is 2.59. The maximum absolute atomic E-state index is 5.92. The number of hydrogen-bond acceptors (Lipinski definition) is 5. The van der Waals surface area contributed by atoms with Gasteiger partial charge in [-0.05, 0) is 31.2 Å². The van der Waals surface area contributed by atoms with Crippen molar-refractivity contribution in [2.45, 2.75) is 17.6 Å². The minimum absolute atomic E-state index is 0.239. The number of fused-ring (bicyclic) bond motifs is 1. The zero-order chi connectivity index (χ0) is 13.3. The molecule has 1 aromatic heterocycles. The van der Waals surface area contributed by atoms with Crippen molar-refractivity contribution in [1.82, 2.24) is 4.98 Å². The van der Waals surface area contributed by atoms with Gasteiger partial charge < -0.3 is 15.1 Å². The molecular weight excluding hydrogens is 258 g/mol. The third-order valence-corrected chi connectivity index (χ3v) is 5.47. The molecule has 19 heavy (non-hydrogen) atoms. The molecule has 1 aliphatic rings. The Balaban J connectivity index is 1.78. The first-order valence-electron chi connectivity index (χ1n) is 6.62. The van der Waals surface area contributed by atoms with Gasteiger partial charge in [-0.2, -0.15) is 16.7 Å². The van der Waals surface area contributed by atoms with E-state index in [9.17, 15) is 0 Å². The molecule has 102 valence electrons. The Morgan fingerprint density at radius 1 is 1.37 bits per heavy atom. The topological polar surface area (TPSA) is 55.3 Å². The van der Waals surface area contributed by atoms with Crippen molar-refractivity contribution in [3.8, 4) is 0 Å². The summed E-state index contributed by atoms with van der Waals surface area (Å²) in [7, 11) is 0. The average Bonchev–Trinajstić information content (AvgIpc) is 2.91. The van der Waals surface area contributed by atoms with Crippen LogP contribution in [0.3, 0.4) is 0 Å². The van der Waals surface area contributed by atoms with Gasteiger partial charge in [-0.25, -0.2) is 0 Å². The van der Waals surface area contributed by atoms with Crippen LogP contribution in [0.25, 0.3) is 11.1 Å². The van der Waals surface area contributed by atoms with Gasteiger partial charge in [-0.3, -0.25) is 0 Å². The van der Waals surface area contributed by atoms with Gasteiger partial charge in [0.05, 0.1) is 0 Å². The van der Waals surface area contributed by atoms with Gasteiger partial charge in [0, 0.05) is 24.4 Å². The maximum atomic E-state index is 5.92. The number of hydrogen-bond donors (Lipinski definition) is 1. The minimum atomic E-state index is 0.239. The molecule has 1 fully saturated rings. The van der Waals surface area contributed by atoms with E-state index in [0.29, 0.717) is 0 Å². The van der Waals surface area contributed by atoms with Crippen molar-refractivity contribution in [3.63, 3.8) is 0 Å². The molecule has 0 atom stereocenters. The standard InChI is InChI=1S/C14H19N3OS/c1-19-14(10-15)6-8-17(9-7-14)13-16-11-4-2-3-5-12(11)18-13/h2-5H,6-10,15H2,1H3. The van der Waals surface area contributed by atoms with Crippen LogP contribution in [0.4, 0.5) is 6.01 Å².